The van der Waals surface area contributed by atoms with Crippen LogP contribution in [0.3, 0.4) is 0 Å². The van der Waals surface area contributed by atoms with Crippen LogP contribution >= 0.6 is 0 Å². The fourth-order valence-electron chi connectivity index (χ4n) is 1.44. The minimum absolute atomic E-state index is 0.00934. The van der Waals surface area contributed by atoms with Crippen LogP contribution in [-0.2, 0) is 0 Å². The summed E-state index contributed by atoms with van der Waals surface area (Å²) in [5, 5.41) is 3.11. The summed E-state index contributed by atoms with van der Waals surface area (Å²) in [4.78, 5) is 7.99. The van der Waals surface area contributed by atoms with Gasteiger partial charge in [-0.15, -0.1) is 0 Å². The third-order valence-electron chi connectivity index (χ3n) is 2.42. The third kappa shape index (κ3) is 5.76. The van der Waals surface area contributed by atoms with Gasteiger partial charge in [0, 0.05) is 13.0 Å². The lowest BCUT2D eigenvalue weighted by Crippen LogP contribution is -2.11. The largest absolute Gasteiger partial charge is 0.477 e. The van der Waals surface area contributed by atoms with Gasteiger partial charge in [-0.3, -0.25) is 0 Å². The fourth-order valence-corrected chi connectivity index (χ4v) is 1.44. The van der Waals surface area contributed by atoms with Gasteiger partial charge in [-0.05, 0) is 19.8 Å². The summed E-state index contributed by atoms with van der Waals surface area (Å²) in [6, 6.07) is 0. The summed E-state index contributed by atoms with van der Waals surface area (Å²) >= 11 is 0. The molecule has 0 aliphatic heterocycles. The molecule has 0 aromatic carbocycles. The van der Waals surface area contributed by atoms with Crippen molar-refractivity contribution in [2.75, 3.05) is 18.5 Å². The lowest BCUT2D eigenvalue weighted by atomic mass is 10.3. The molecule has 0 spiro atoms. The molecule has 1 heterocycles. The Balaban J connectivity index is 2.49. The number of alkyl halides is 3. The van der Waals surface area contributed by atoms with Crippen LogP contribution in [0.5, 0.6) is 5.88 Å². The predicted octanol–water partition coefficient (Wildman–Crippen LogP) is 3.33. The molecule has 1 rings (SSSR count). The highest BCUT2D eigenvalue weighted by atomic mass is 19.4. The second-order valence-electron chi connectivity index (χ2n) is 4.15. The molecule has 0 aliphatic carbocycles. The second-order valence-corrected chi connectivity index (χ2v) is 4.15. The number of hydrogen-bond donors (Lipinski definition) is 1. The number of nitrogens with one attached hydrogen (secondary N) is 1. The molecule has 0 fully saturated rings. The molecule has 1 N–H and O–H groups in total. The molecule has 0 bridgehead atoms. The average Bonchev–Trinajstić information content (AvgIpc) is 2.33. The Morgan fingerprint density at radius 3 is 2.68 bits per heavy atom. The summed E-state index contributed by atoms with van der Waals surface area (Å²) < 4.78 is 41.2. The van der Waals surface area contributed by atoms with Crippen LogP contribution in [0.4, 0.5) is 19.0 Å². The van der Waals surface area contributed by atoms with Gasteiger partial charge in [0.2, 0.25) is 5.88 Å². The first-order valence-corrected chi connectivity index (χ1v) is 6.19. The van der Waals surface area contributed by atoms with E-state index in [0.29, 0.717) is 17.3 Å². The van der Waals surface area contributed by atoms with Gasteiger partial charge in [-0.1, -0.05) is 6.92 Å². The molecule has 0 unspecified atom stereocenters. The van der Waals surface area contributed by atoms with Gasteiger partial charge in [0.25, 0.3) is 0 Å². The quantitative estimate of drug-likeness (QED) is 0.777. The van der Waals surface area contributed by atoms with Gasteiger partial charge in [0.1, 0.15) is 12.1 Å². The lowest BCUT2D eigenvalue weighted by Gasteiger charge is -2.12. The summed E-state index contributed by atoms with van der Waals surface area (Å²) in [5.41, 5.74) is 0.711. The molecular weight excluding hydrogens is 259 g/mol. The van der Waals surface area contributed by atoms with E-state index in [4.69, 9.17) is 4.74 Å². The topological polar surface area (TPSA) is 47.0 Å². The molecule has 0 saturated heterocycles. The Morgan fingerprint density at radius 2 is 2.05 bits per heavy atom. The Bertz CT molecular complexity index is 396. The minimum atomic E-state index is -4.14. The van der Waals surface area contributed by atoms with Crippen molar-refractivity contribution >= 4 is 5.82 Å². The maximum atomic E-state index is 12.0. The normalized spacial score (nSPS) is 11.4. The maximum absolute atomic E-state index is 12.0. The average molecular weight is 277 g/mol. The molecule has 0 saturated carbocycles. The second kappa shape index (κ2) is 7.16. The van der Waals surface area contributed by atoms with E-state index in [1.807, 2.05) is 6.92 Å². The summed E-state index contributed by atoms with van der Waals surface area (Å²) in [6.07, 6.45) is -2.78. The van der Waals surface area contributed by atoms with Crippen LogP contribution < -0.4 is 10.1 Å². The van der Waals surface area contributed by atoms with Crippen molar-refractivity contribution in [3.8, 4) is 5.88 Å². The van der Waals surface area contributed by atoms with Crippen molar-refractivity contribution in [2.45, 2.75) is 39.3 Å². The van der Waals surface area contributed by atoms with Crippen molar-refractivity contribution in [2.24, 2.45) is 0 Å². The number of ether oxygens (including phenoxy) is 1. The number of nitrogens with zero attached hydrogens (tertiary/aromatic N) is 2. The highest BCUT2D eigenvalue weighted by molar-refractivity contribution is 5.47. The van der Waals surface area contributed by atoms with Gasteiger partial charge in [-0.2, -0.15) is 13.2 Å². The Morgan fingerprint density at radius 1 is 1.32 bits per heavy atom. The van der Waals surface area contributed by atoms with E-state index >= 15 is 0 Å². The molecule has 0 radical (unpaired) electrons. The van der Waals surface area contributed by atoms with Crippen LogP contribution in [0.2, 0.25) is 0 Å². The van der Waals surface area contributed by atoms with E-state index in [2.05, 4.69) is 15.3 Å². The molecular formula is C12H18F3N3O. The summed E-state index contributed by atoms with van der Waals surface area (Å²) in [6.45, 7) is 4.56. The van der Waals surface area contributed by atoms with Crippen molar-refractivity contribution < 1.29 is 17.9 Å². The van der Waals surface area contributed by atoms with Crippen LogP contribution in [0.1, 0.15) is 31.7 Å². The Labute approximate surface area is 110 Å². The molecule has 4 nitrogen and oxygen atoms in total. The Kier molecular flexibility index (Phi) is 5.85. The molecule has 0 amide bonds. The number of hydrogen-bond acceptors (Lipinski definition) is 4. The molecule has 19 heavy (non-hydrogen) atoms. The monoisotopic (exact) mass is 277 g/mol. The van der Waals surface area contributed by atoms with Crippen molar-refractivity contribution in [1.82, 2.24) is 9.97 Å². The van der Waals surface area contributed by atoms with Crippen LogP contribution in [-0.4, -0.2) is 29.3 Å². The highest BCUT2D eigenvalue weighted by Gasteiger charge is 2.26. The van der Waals surface area contributed by atoms with Gasteiger partial charge in [-0.25, -0.2) is 9.97 Å². The third-order valence-corrected chi connectivity index (χ3v) is 2.42. The van der Waals surface area contributed by atoms with Gasteiger partial charge in [0.05, 0.1) is 12.2 Å². The van der Waals surface area contributed by atoms with E-state index < -0.39 is 12.6 Å². The first kappa shape index (κ1) is 15.5. The van der Waals surface area contributed by atoms with Gasteiger partial charge < -0.3 is 10.1 Å². The van der Waals surface area contributed by atoms with Gasteiger partial charge in [0.15, 0.2) is 0 Å². The molecule has 1 aromatic heterocycles. The summed E-state index contributed by atoms with van der Waals surface area (Å²) in [5.74, 6) is 0.985. The number of aromatic nitrogens is 2. The number of anilines is 1. The zero-order valence-electron chi connectivity index (χ0n) is 11.0. The first-order valence-electron chi connectivity index (χ1n) is 6.19. The van der Waals surface area contributed by atoms with Crippen molar-refractivity contribution in [1.29, 1.82) is 0 Å². The lowest BCUT2D eigenvalue weighted by molar-refractivity contribution is -0.136. The zero-order chi connectivity index (χ0) is 14.3. The van der Waals surface area contributed by atoms with Crippen LogP contribution in [0.15, 0.2) is 6.33 Å². The smallest absolute Gasteiger partial charge is 0.389 e. The van der Waals surface area contributed by atoms with E-state index in [0.717, 1.165) is 13.0 Å². The SMILES string of the molecule is CCCNc1ncnc(OCCCC(F)(F)F)c1C. The van der Waals surface area contributed by atoms with Crippen molar-refractivity contribution in [3.05, 3.63) is 11.9 Å². The number of rotatable bonds is 7. The van der Waals surface area contributed by atoms with E-state index in [9.17, 15) is 13.2 Å². The predicted molar refractivity (Wildman–Crippen MR) is 66.3 cm³/mol. The van der Waals surface area contributed by atoms with Crippen molar-refractivity contribution in [3.63, 3.8) is 0 Å². The fraction of sp³-hybridized carbons (Fsp3) is 0.667. The molecule has 108 valence electrons. The minimum Gasteiger partial charge on any atom is -0.477 e. The van der Waals surface area contributed by atoms with Gasteiger partial charge >= 0.3 is 6.18 Å². The summed E-state index contributed by atoms with van der Waals surface area (Å²) in [7, 11) is 0. The zero-order valence-corrected chi connectivity index (χ0v) is 11.0. The molecule has 0 atom stereocenters. The molecule has 0 aliphatic rings. The van der Waals surface area contributed by atoms with E-state index in [-0.39, 0.29) is 13.0 Å². The van der Waals surface area contributed by atoms with E-state index in [1.54, 1.807) is 6.92 Å². The number of halogens is 3. The highest BCUT2D eigenvalue weighted by Crippen LogP contribution is 2.23. The maximum Gasteiger partial charge on any atom is 0.389 e. The molecule has 1 aromatic rings. The van der Waals surface area contributed by atoms with E-state index in [1.165, 1.54) is 6.33 Å². The Hall–Kier alpha value is -1.53. The first-order chi connectivity index (χ1) is 8.94. The standard InChI is InChI=1S/C12H18F3N3O/c1-3-6-16-10-9(2)11(18-8-17-10)19-7-4-5-12(13,14)15/h8H,3-7H2,1-2H3,(H,16,17,18). The molecule has 7 heteroatoms. The van der Waals surface area contributed by atoms with Crippen LogP contribution in [0, 0.1) is 6.92 Å². The van der Waals surface area contributed by atoms with Crippen LogP contribution in [0.25, 0.3) is 0 Å².